The van der Waals surface area contributed by atoms with Gasteiger partial charge in [0.1, 0.15) is 12.1 Å². The van der Waals surface area contributed by atoms with E-state index in [-0.39, 0.29) is 24.0 Å². The summed E-state index contributed by atoms with van der Waals surface area (Å²) in [6.45, 7) is 4.00. The maximum atomic E-state index is 12.9. The number of aliphatic carboxylic acids is 1. The first-order valence-electron chi connectivity index (χ1n) is 8.19. The molecular weight excluding hydrogens is 270 g/mol. The highest BCUT2D eigenvalue weighted by atomic mass is 16.5. The van der Waals surface area contributed by atoms with Crippen LogP contribution in [-0.4, -0.2) is 46.2 Å². The molecule has 1 saturated carbocycles. The summed E-state index contributed by atoms with van der Waals surface area (Å²) >= 11 is 0. The van der Waals surface area contributed by atoms with Gasteiger partial charge in [0, 0.05) is 6.04 Å². The first-order chi connectivity index (χ1) is 9.99. The Labute approximate surface area is 125 Å². The molecule has 3 fully saturated rings. The Kier molecular flexibility index (Phi) is 3.95. The first-order valence-corrected chi connectivity index (χ1v) is 8.19. The maximum Gasteiger partial charge on any atom is 0.326 e. The van der Waals surface area contributed by atoms with E-state index in [0.717, 1.165) is 32.1 Å². The minimum absolute atomic E-state index is 0.0852. The number of carbonyl (C=O) groups excluding carboxylic acids is 1. The van der Waals surface area contributed by atoms with E-state index in [4.69, 9.17) is 4.74 Å². The molecule has 0 radical (unpaired) electrons. The van der Waals surface area contributed by atoms with Crippen molar-refractivity contribution in [1.29, 1.82) is 0 Å². The highest BCUT2D eigenvalue weighted by Crippen LogP contribution is 2.41. The average molecular weight is 295 g/mol. The topological polar surface area (TPSA) is 66.8 Å². The molecule has 0 spiro atoms. The molecule has 21 heavy (non-hydrogen) atoms. The highest BCUT2D eigenvalue weighted by molar-refractivity contribution is 5.88. The van der Waals surface area contributed by atoms with Crippen LogP contribution in [0.4, 0.5) is 0 Å². The molecule has 0 aromatic rings. The van der Waals surface area contributed by atoms with Crippen LogP contribution >= 0.6 is 0 Å². The summed E-state index contributed by atoms with van der Waals surface area (Å²) in [7, 11) is 0. The number of rotatable bonds is 2. The van der Waals surface area contributed by atoms with Gasteiger partial charge in [-0.05, 0) is 44.4 Å². The summed E-state index contributed by atoms with van der Waals surface area (Å²) in [5, 5.41) is 9.51. The molecule has 0 bridgehead atoms. The van der Waals surface area contributed by atoms with Crippen LogP contribution in [0.2, 0.25) is 0 Å². The van der Waals surface area contributed by atoms with Gasteiger partial charge >= 0.3 is 5.97 Å². The fourth-order valence-electron chi connectivity index (χ4n) is 4.53. The Morgan fingerprint density at radius 1 is 1.14 bits per heavy atom. The van der Waals surface area contributed by atoms with Gasteiger partial charge in [-0.3, -0.25) is 4.79 Å². The highest BCUT2D eigenvalue weighted by Gasteiger charge is 2.50. The lowest BCUT2D eigenvalue weighted by atomic mass is 9.84. The standard InChI is InChI=1S/C16H25NO4/c1-9-7-10(2)21-14(9)15(18)17-12-6-4-3-5-11(12)8-13(17)16(19)20/h9-14H,3-8H2,1-2H3,(H,19,20). The van der Waals surface area contributed by atoms with Gasteiger partial charge in [-0.1, -0.05) is 19.8 Å². The average Bonchev–Trinajstić information content (AvgIpc) is 2.98. The van der Waals surface area contributed by atoms with E-state index in [1.807, 2.05) is 13.8 Å². The molecular formula is C16H25NO4. The summed E-state index contributed by atoms with van der Waals surface area (Å²) in [4.78, 5) is 26.2. The predicted molar refractivity (Wildman–Crippen MR) is 76.7 cm³/mol. The molecule has 1 amide bonds. The monoisotopic (exact) mass is 295 g/mol. The fraction of sp³-hybridized carbons (Fsp3) is 0.875. The first kappa shape index (κ1) is 14.8. The lowest BCUT2D eigenvalue weighted by Crippen LogP contribution is -2.51. The van der Waals surface area contributed by atoms with E-state index < -0.39 is 18.1 Å². The van der Waals surface area contributed by atoms with Crippen LogP contribution in [0, 0.1) is 11.8 Å². The summed E-state index contributed by atoms with van der Waals surface area (Å²) < 4.78 is 5.77. The molecule has 3 aliphatic rings. The van der Waals surface area contributed by atoms with Gasteiger partial charge in [0.2, 0.25) is 0 Å². The van der Waals surface area contributed by atoms with Crippen LogP contribution in [0.1, 0.15) is 52.4 Å². The lowest BCUT2D eigenvalue weighted by molar-refractivity contribution is -0.156. The molecule has 5 nitrogen and oxygen atoms in total. The van der Waals surface area contributed by atoms with Gasteiger partial charge < -0.3 is 14.7 Å². The van der Waals surface area contributed by atoms with Gasteiger partial charge in [0.15, 0.2) is 0 Å². The minimum Gasteiger partial charge on any atom is -0.480 e. The van der Waals surface area contributed by atoms with E-state index in [9.17, 15) is 14.7 Å². The van der Waals surface area contributed by atoms with Crippen LogP contribution < -0.4 is 0 Å². The molecule has 5 heteroatoms. The van der Waals surface area contributed by atoms with Crippen molar-refractivity contribution in [3.8, 4) is 0 Å². The lowest BCUT2D eigenvalue weighted by Gasteiger charge is -2.35. The van der Waals surface area contributed by atoms with E-state index in [1.165, 1.54) is 0 Å². The van der Waals surface area contributed by atoms with Crippen LogP contribution in [0.5, 0.6) is 0 Å². The molecule has 2 aliphatic heterocycles. The maximum absolute atomic E-state index is 12.9. The second kappa shape index (κ2) is 5.59. The van der Waals surface area contributed by atoms with Gasteiger partial charge in [-0.2, -0.15) is 0 Å². The van der Waals surface area contributed by atoms with Crippen molar-refractivity contribution in [3.63, 3.8) is 0 Å². The predicted octanol–water partition coefficient (Wildman–Crippen LogP) is 2.04. The summed E-state index contributed by atoms with van der Waals surface area (Å²) in [5.74, 6) is -0.424. The number of carbonyl (C=O) groups is 2. The van der Waals surface area contributed by atoms with Crippen LogP contribution in [0.25, 0.3) is 0 Å². The van der Waals surface area contributed by atoms with E-state index in [0.29, 0.717) is 12.3 Å². The Morgan fingerprint density at radius 2 is 1.86 bits per heavy atom. The number of fused-ring (bicyclic) bond motifs is 1. The Balaban J connectivity index is 1.82. The molecule has 1 aliphatic carbocycles. The van der Waals surface area contributed by atoms with Gasteiger partial charge in [-0.15, -0.1) is 0 Å². The van der Waals surface area contributed by atoms with Crippen molar-refractivity contribution >= 4 is 11.9 Å². The number of likely N-dealkylation sites (tertiary alicyclic amines) is 1. The molecule has 2 heterocycles. The van der Waals surface area contributed by atoms with E-state index in [2.05, 4.69) is 0 Å². The number of ether oxygens (including phenoxy) is 1. The van der Waals surface area contributed by atoms with Crippen LogP contribution in [0.3, 0.4) is 0 Å². The Hall–Kier alpha value is -1.10. The Morgan fingerprint density at radius 3 is 2.48 bits per heavy atom. The van der Waals surface area contributed by atoms with E-state index in [1.54, 1.807) is 4.90 Å². The van der Waals surface area contributed by atoms with Gasteiger partial charge in [0.05, 0.1) is 6.10 Å². The van der Waals surface area contributed by atoms with Crippen molar-refractivity contribution in [2.24, 2.45) is 11.8 Å². The second-order valence-corrected chi connectivity index (χ2v) is 7.03. The van der Waals surface area contributed by atoms with Gasteiger partial charge in [0.25, 0.3) is 5.91 Å². The third-order valence-electron chi connectivity index (χ3n) is 5.47. The van der Waals surface area contributed by atoms with Crippen molar-refractivity contribution in [2.75, 3.05) is 0 Å². The summed E-state index contributed by atoms with van der Waals surface area (Å²) in [6, 6.07) is -0.545. The Bertz CT molecular complexity index is 438. The van der Waals surface area contributed by atoms with Crippen molar-refractivity contribution in [1.82, 2.24) is 4.90 Å². The number of amides is 1. The third-order valence-corrected chi connectivity index (χ3v) is 5.47. The van der Waals surface area contributed by atoms with Gasteiger partial charge in [-0.25, -0.2) is 4.79 Å². The van der Waals surface area contributed by atoms with Crippen molar-refractivity contribution in [3.05, 3.63) is 0 Å². The number of carboxylic acids is 1. The normalized spacial score (nSPS) is 42.9. The smallest absolute Gasteiger partial charge is 0.326 e. The van der Waals surface area contributed by atoms with Crippen LogP contribution in [-0.2, 0) is 14.3 Å². The van der Waals surface area contributed by atoms with Crippen LogP contribution in [0.15, 0.2) is 0 Å². The zero-order chi connectivity index (χ0) is 15.1. The summed E-state index contributed by atoms with van der Waals surface area (Å²) in [5.41, 5.74) is 0. The zero-order valence-electron chi connectivity index (χ0n) is 12.8. The number of carboxylic acid groups (broad SMARTS) is 1. The molecule has 1 N–H and O–H groups in total. The minimum atomic E-state index is -0.864. The third kappa shape index (κ3) is 2.56. The second-order valence-electron chi connectivity index (χ2n) is 7.03. The fourth-order valence-corrected chi connectivity index (χ4v) is 4.53. The summed E-state index contributed by atoms with van der Waals surface area (Å²) in [6.07, 6.45) is 5.35. The molecule has 2 saturated heterocycles. The quantitative estimate of drug-likeness (QED) is 0.846. The molecule has 0 aromatic heterocycles. The molecule has 118 valence electrons. The van der Waals surface area contributed by atoms with Crippen molar-refractivity contribution < 1.29 is 19.4 Å². The molecule has 3 rings (SSSR count). The van der Waals surface area contributed by atoms with E-state index >= 15 is 0 Å². The largest absolute Gasteiger partial charge is 0.480 e. The number of hydrogen-bond donors (Lipinski definition) is 1. The molecule has 0 aromatic carbocycles. The zero-order valence-corrected chi connectivity index (χ0v) is 12.8. The molecule has 6 atom stereocenters. The SMILES string of the molecule is CC1CC(C)C(C(=O)N2C(C(=O)O)CC3CCCCC32)O1. The number of hydrogen-bond acceptors (Lipinski definition) is 3. The number of nitrogens with zero attached hydrogens (tertiary/aromatic N) is 1. The van der Waals surface area contributed by atoms with Crippen molar-refractivity contribution in [2.45, 2.75) is 76.7 Å². The molecule has 6 unspecified atom stereocenters.